The molecule has 4 nitrogen and oxygen atoms in total. The summed E-state index contributed by atoms with van der Waals surface area (Å²) in [7, 11) is 0. The van der Waals surface area contributed by atoms with Crippen LogP contribution in [-0.4, -0.2) is 25.2 Å². The number of hydrogen-bond acceptors (Lipinski definition) is 4. The van der Waals surface area contributed by atoms with Crippen LogP contribution in [0.25, 0.3) is 0 Å². The zero-order valence-electron chi connectivity index (χ0n) is 21.3. The van der Waals surface area contributed by atoms with Crippen molar-refractivity contribution < 1.29 is 19.1 Å². The zero-order valence-corrected chi connectivity index (χ0v) is 21.3. The second kappa shape index (κ2) is 12.1. The van der Waals surface area contributed by atoms with Crippen molar-refractivity contribution >= 4 is 11.9 Å². The minimum atomic E-state index is -0.257. The summed E-state index contributed by atoms with van der Waals surface area (Å²) in [5.41, 5.74) is 0. The smallest absolute Gasteiger partial charge is 0.310 e. The molecule has 4 rings (SSSR count). The van der Waals surface area contributed by atoms with E-state index in [0.29, 0.717) is 36.9 Å². The van der Waals surface area contributed by atoms with Crippen molar-refractivity contribution in [2.24, 2.45) is 47.3 Å². The molecule has 0 amide bonds. The van der Waals surface area contributed by atoms with Crippen molar-refractivity contribution in [3.8, 4) is 0 Å². The first-order valence-corrected chi connectivity index (χ1v) is 14.4. The van der Waals surface area contributed by atoms with Gasteiger partial charge in [0.2, 0.25) is 0 Å². The maximum atomic E-state index is 13.1. The molecular formula is C29H48O4. The molecule has 0 aliphatic heterocycles. The lowest BCUT2D eigenvalue weighted by molar-refractivity contribution is -0.165. The Morgan fingerprint density at radius 1 is 0.576 bits per heavy atom. The summed E-state index contributed by atoms with van der Waals surface area (Å²) in [6.45, 7) is 5.63. The van der Waals surface area contributed by atoms with E-state index in [2.05, 4.69) is 13.8 Å². The highest BCUT2D eigenvalue weighted by Gasteiger charge is 2.55. The van der Waals surface area contributed by atoms with Crippen LogP contribution in [0.5, 0.6) is 0 Å². The Kier molecular flexibility index (Phi) is 9.16. The topological polar surface area (TPSA) is 52.6 Å². The molecule has 33 heavy (non-hydrogen) atoms. The van der Waals surface area contributed by atoms with Gasteiger partial charge in [0.15, 0.2) is 0 Å². The molecule has 2 bridgehead atoms. The lowest BCUT2D eigenvalue weighted by Gasteiger charge is -2.31. The van der Waals surface area contributed by atoms with Crippen LogP contribution in [0.3, 0.4) is 0 Å². The summed E-state index contributed by atoms with van der Waals surface area (Å²) in [4.78, 5) is 26.3. The van der Waals surface area contributed by atoms with Gasteiger partial charge in [-0.1, -0.05) is 65.2 Å². The maximum absolute atomic E-state index is 13.1. The average molecular weight is 461 g/mol. The van der Waals surface area contributed by atoms with Crippen LogP contribution < -0.4 is 0 Å². The Labute approximate surface area is 201 Å². The molecule has 0 N–H and O–H groups in total. The highest BCUT2D eigenvalue weighted by molar-refractivity contribution is 5.83. The van der Waals surface area contributed by atoms with Crippen LogP contribution in [0, 0.1) is 47.3 Å². The van der Waals surface area contributed by atoms with Crippen LogP contribution in [-0.2, 0) is 19.1 Å². The third kappa shape index (κ3) is 6.34. The van der Waals surface area contributed by atoms with Gasteiger partial charge < -0.3 is 9.47 Å². The predicted molar refractivity (Wildman–Crippen MR) is 130 cm³/mol. The number of rotatable bonds is 10. The summed E-state index contributed by atoms with van der Waals surface area (Å²) < 4.78 is 11.8. The van der Waals surface area contributed by atoms with Gasteiger partial charge >= 0.3 is 11.9 Å². The molecule has 0 aromatic carbocycles. The Balaban J connectivity index is 1.23. The first-order valence-electron chi connectivity index (χ1n) is 14.4. The Bertz CT molecular complexity index is 576. The first kappa shape index (κ1) is 25.0. The summed E-state index contributed by atoms with van der Waals surface area (Å²) in [5, 5.41) is 0. The molecule has 0 aromatic rings. The minimum Gasteiger partial charge on any atom is -0.465 e. The number of carbonyl (C=O) groups excluding carboxylic acids is 2. The van der Waals surface area contributed by atoms with Gasteiger partial charge in [-0.05, 0) is 80.5 Å². The van der Waals surface area contributed by atoms with Crippen LogP contribution >= 0.6 is 0 Å². The summed E-state index contributed by atoms with van der Waals surface area (Å²) in [6, 6.07) is 0. The predicted octanol–water partition coefficient (Wildman–Crippen LogP) is 6.95. The summed E-state index contributed by atoms with van der Waals surface area (Å²) in [5.74, 6) is 2.67. The fraction of sp³-hybridized carbons (Fsp3) is 0.931. The molecule has 4 heteroatoms. The zero-order chi connectivity index (χ0) is 23.2. The molecule has 0 radical (unpaired) electrons. The summed E-state index contributed by atoms with van der Waals surface area (Å²) >= 11 is 0. The standard InChI is InChI=1S/C29H48O4/c1-3-5-20-7-11-22(12-8-20)18-32-28(30)26-24-15-16-25(17-24)27(26)29(31)33-19-23-13-9-21(6-4-2)10-14-23/h20-27H,3-19H2,1-2H3. The van der Waals surface area contributed by atoms with E-state index < -0.39 is 0 Å². The molecular weight excluding hydrogens is 412 g/mol. The Morgan fingerprint density at radius 3 is 1.30 bits per heavy atom. The second-order valence-corrected chi connectivity index (χ2v) is 12.0. The highest BCUT2D eigenvalue weighted by atomic mass is 16.5. The average Bonchev–Trinajstić information content (AvgIpc) is 3.45. The Hall–Kier alpha value is -1.06. The highest BCUT2D eigenvalue weighted by Crippen LogP contribution is 2.53. The molecule has 4 aliphatic rings. The third-order valence-corrected chi connectivity index (χ3v) is 9.71. The van der Waals surface area contributed by atoms with E-state index in [1.807, 2.05) is 0 Å². The van der Waals surface area contributed by atoms with Gasteiger partial charge in [-0.15, -0.1) is 0 Å². The molecule has 4 atom stereocenters. The molecule has 0 heterocycles. The van der Waals surface area contributed by atoms with Crippen LogP contribution in [0.15, 0.2) is 0 Å². The van der Waals surface area contributed by atoms with Gasteiger partial charge in [0.1, 0.15) is 0 Å². The SMILES string of the molecule is CCCC1CCC(COC(=O)C2C3CCC(C3)C2C(=O)OCC2CCC(CCC)CC2)CC1. The number of ether oxygens (including phenoxy) is 2. The largest absolute Gasteiger partial charge is 0.465 e. The summed E-state index contributed by atoms with van der Waals surface area (Å²) in [6.07, 6.45) is 18.2. The van der Waals surface area contributed by atoms with Crippen molar-refractivity contribution in [2.75, 3.05) is 13.2 Å². The van der Waals surface area contributed by atoms with Crippen LogP contribution in [0.2, 0.25) is 0 Å². The van der Waals surface area contributed by atoms with Crippen molar-refractivity contribution in [1.29, 1.82) is 0 Å². The lowest BCUT2D eigenvalue weighted by Crippen LogP contribution is -2.38. The lowest BCUT2D eigenvalue weighted by atomic mass is 9.78. The molecule has 4 aliphatic carbocycles. The monoisotopic (exact) mass is 460 g/mol. The molecule has 0 aromatic heterocycles. The normalized spacial score (nSPS) is 38.2. The molecule has 0 saturated heterocycles. The van der Waals surface area contributed by atoms with Crippen molar-refractivity contribution in [1.82, 2.24) is 0 Å². The fourth-order valence-electron chi connectivity index (χ4n) is 7.75. The molecule has 4 saturated carbocycles. The van der Waals surface area contributed by atoms with E-state index >= 15 is 0 Å². The number of fused-ring (bicyclic) bond motifs is 2. The van der Waals surface area contributed by atoms with Crippen molar-refractivity contribution in [3.63, 3.8) is 0 Å². The van der Waals surface area contributed by atoms with Crippen LogP contribution in [0.1, 0.15) is 110 Å². The van der Waals surface area contributed by atoms with Gasteiger partial charge in [-0.3, -0.25) is 9.59 Å². The third-order valence-electron chi connectivity index (χ3n) is 9.71. The number of esters is 2. The van der Waals surface area contributed by atoms with Gasteiger partial charge in [-0.2, -0.15) is 0 Å². The first-order chi connectivity index (χ1) is 16.1. The second-order valence-electron chi connectivity index (χ2n) is 12.0. The van der Waals surface area contributed by atoms with E-state index in [1.165, 1.54) is 77.0 Å². The number of hydrogen-bond donors (Lipinski definition) is 0. The van der Waals surface area contributed by atoms with Crippen molar-refractivity contribution in [2.45, 2.75) is 110 Å². The molecule has 0 spiro atoms. The number of carbonyl (C=O) groups is 2. The molecule has 4 unspecified atom stereocenters. The van der Waals surface area contributed by atoms with Gasteiger partial charge in [0.05, 0.1) is 25.0 Å². The molecule has 4 fully saturated rings. The van der Waals surface area contributed by atoms with E-state index in [4.69, 9.17) is 9.47 Å². The van der Waals surface area contributed by atoms with Crippen molar-refractivity contribution in [3.05, 3.63) is 0 Å². The Morgan fingerprint density at radius 2 is 0.939 bits per heavy atom. The van der Waals surface area contributed by atoms with E-state index in [1.54, 1.807) is 0 Å². The van der Waals surface area contributed by atoms with Crippen LogP contribution in [0.4, 0.5) is 0 Å². The van der Waals surface area contributed by atoms with E-state index in [-0.39, 0.29) is 23.8 Å². The minimum absolute atomic E-state index is 0.111. The van der Waals surface area contributed by atoms with Gasteiger partial charge in [0.25, 0.3) is 0 Å². The quantitative estimate of drug-likeness (QED) is 0.331. The van der Waals surface area contributed by atoms with Gasteiger partial charge in [0, 0.05) is 0 Å². The van der Waals surface area contributed by atoms with E-state index in [0.717, 1.165) is 31.1 Å². The van der Waals surface area contributed by atoms with E-state index in [9.17, 15) is 9.59 Å². The maximum Gasteiger partial charge on any atom is 0.310 e. The van der Waals surface area contributed by atoms with Gasteiger partial charge in [-0.25, -0.2) is 0 Å². The fourth-order valence-corrected chi connectivity index (χ4v) is 7.75. The molecule has 188 valence electrons.